The highest BCUT2D eigenvalue weighted by atomic mass is 32.1. The zero-order valence-electron chi connectivity index (χ0n) is 16.6. The molecule has 1 fully saturated rings. The van der Waals surface area contributed by atoms with E-state index in [9.17, 15) is 9.59 Å². The number of cyclic esters (lactones) is 1. The zero-order chi connectivity index (χ0) is 20.5. The topological polar surface area (TPSA) is 63.6 Å². The van der Waals surface area contributed by atoms with Crippen LogP contribution < -0.4 is 10.2 Å². The van der Waals surface area contributed by atoms with Crippen LogP contribution in [-0.4, -0.2) is 29.7 Å². The fourth-order valence-electron chi connectivity index (χ4n) is 4.17. The molecular formula is C23H23N3O3S. The summed E-state index contributed by atoms with van der Waals surface area (Å²) in [6.45, 7) is 1.37. The molecule has 0 atom stereocenters. The second-order valence-electron chi connectivity index (χ2n) is 7.60. The molecular weight excluding hydrogens is 398 g/mol. The first-order valence-corrected chi connectivity index (χ1v) is 11.1. The predicted molar refractivity (Wildman–Crippen MR) is 117 cm³/mol. The Labute approximate surface area is 179 Å². The monoisotopic (exact) mass is 421 g/mol. The van der Waals surface area contributed by atoms with Crippen LogP contribution in [0.4, 0.5) is 10.5 Å². The van der Waals surface area contributed by atoms with Crippen molar-refractivity contribution in [2.45, 2.75) is 32.2 Å². The molecule has 2 amide bonds. The van der Waals surface area contributed by atoms with Crippen molar-refractivity contribution in [2.75, 3.05) is 18.1 Å². The van der Waals surface area contributed by atoms with Crippen LogP contribution in [-0.2, 0) is 24.1 Å². The lowest BCUT2D eigenvalue weighted by Crippen LogP contribution is -2.26. The van der Waals surface area contributed by atoms with Crippen LogP contribution in [0, 0.1) is 0 Å². The van der Waals surface area contributed by atoms with Crippen LogP contribution in [0.25, 0.3) is 5.00 Å². The largest absolute Gasteiger partial charge is 0.447 e. The standard InChI is InChI=1S/C23H23N3O3S/c27-21(24-15-16-6-5-7-17(14-16)26-12-13-29-23(26)28)20-18-8-1-2-9-19(18)30-22(20)25-10-3-4-11-25/h3-7,10-11,14H,1-2,8-9,12-13,15H2,(H,24,27). The molecule has 1 N–H and O–H groups in total. The fraction of sp³-hybridized carbons (Fsp3) is 0.304. The Morgan fingerprint density at radius 3 is 2.77 bits per heavy atom. The SMILES string of the molecule is O=C(NCc1cccc(N2CCOC2=O)c1)c1c(-n2cccc2)sc2c1CCCC2. The molecule has 154 valence electrons. The molecule has 30 heavy (non-hydrogen) atoms. The van der Waals surface area contributed by atoms with E-state index in [2.05, 4.69) is 5.32 Å². The molecule has 5 rings (SSSR count). The number of aromatic nitrogens is 1. The van der Waals surface area contributed by atoms with Gasteiger partial charge in [-0.2, -0.15) is 0 Å². The van der Waals surface area contributed by atoms with Gasteiger partial charge in [0.15, 0.2) is 0 Å². The third-order valence-corrected chi connectivity index (χ3v) is 6.96. The van der Waals surface area contributed by atoms with Crippen molar-refractivity contribution in [3.63, 3.8) is 0 Å². The Morgan fingerprint density at radius 2 is 1.97 bits per heavy atom. The number of nitrogens with zero attached hydrogens (tertiary/aromatic N) is 2. The molecule has 6 nitrogen and oxygen atoms in total. The summed E-state index contributed by atoms with van der Waals surface area (Å²) in [5.74, 6) is -0.0379. The van der Waals surface area contributed by atoms with Crippen molar-refractivity contribution < 1.29 is 14.3 Å². The molecule has 0 radical (unpaired) electrons. The highest BCUT2D eigenvalue weighted by Gasteiger charge is 2.26. The van der Waals surface area contributed by atoms with E-state index in [0.29, 0.717) is 19.7 Å². The van der Waals surface area contributed by atoms with Crippen molar-refractivity contribution >= 4 is 29.0 Å². The Morgan fingerprint density at radius 1 is 1.13 bits per heavy atom. The Balaban J connectivity index is 1.38. The molecule has 1 aliphatic heterocycles. The van der Waals surface area contributed by atoms with Gasteiger partial charge in [0.05, 0.1) is 12.1 Å². The lowest BCUT2D eigenvalue weighted by Gasteiger charge is -2.15. The first-order valence-electron chi connectivity index (χ1n) is 10.3. The molecule has 0 bridgehead atoms. The van der Waals surface area contributed by atoms with E-state index in [1.807, 2.05) is 53.4 Å². The van der Waals surface area contributed by atoms with E-state index in [4.69, 9.17) is 4.74 Å². The molecule has 2 aromatic heterocycles. The zero-order valence-corrected chi connectivity index (χ0v) is 17.4. The molecule has 0 spiro atoms. The molecule has 3 heterocycles. The summed E-state index contributed by atoms with van der Waals surface area (Å²) in [4.78, 5) is 28.0. The van der Waals surface area contributed by atoms with Gasteiger partial charge in [0.25, 0.3) is 5.91 Å². The highest BCUT2D eigenvalue weighted by Crippen LogP contribution is 2.37. The van der Waals surface area contributed by atoms with E-state index in [-0.39, 0.29) is 12.0 Å². The second-order valence-corrected chi connectivity index (χ2v) is 8.68. The number of nitrogens with one attached hydrogen (secondary N) is 1. The van der Waals surface area contributed by atoms with Crippen LogP contribution in [0.1, 0.15) is 39.2 Å². The number of benzene rings is 1. The van der Waals surface area contributed by atoms with Gasteiger partial charge in [0, 0.05) is 29.5 Å². The quantitative estimate of drug-likeness (QED) is 0.668. The average molecular weight is 422 g/mol. The number of rotatable bonds is 5. The summed E-state index contributed by atoms with van der Waals surface area (Å²) < 4.78 is 7.06. The lowest BCUT2D eigenvalue weighted by atomic mass is 9.95. The number of hydrogen-bond acceptors (Lipinski definition) is 4. The Hall–Kier alpha value is -3.06. The molecule has 2 aliphatic rings. The molecule has 1 aliphatic carbocycles. The number of anilines is 1. The summed E-state index contributed by atoms with van der Waals surface area (Å²) in [5, 5.41) is 4.10. The van der Waals surface area contributed by atoms with Crippen molar-refractivity contribution in [2.24, 2.45) is 0 Å². The van der Waals surface area contributed by atoms with Crippen molar-refractivity contribution in [3.8, 4) is 5.00 Å². The van der Waals surface area contributed by atoms with Gasteiger partial charge in [-0.1, -0.05) is 12.1 Å². The van der Waals surface area contributed by atoms with Crippen LogP contribution >= 0.6 is 11.3 Å². The summed E-state index contributed by atoms with van der Waals surface area (Å²) >= 11 is 1.73. The summed E-state index contributed by atoms with van der Waals surface area (Å²) in [7, 11) is 0. The van der Waals surface area contributed by atoms with E-state index in [1.54, 1.807) is 16.2 Å². The summed E-state index contributed by atoms with van der Waals surface area (Å²) in [5.41, 5.74) is 3.77. The van der Waals surface area contributed by atoms with Crippen molar-refractivity contribution in [3.05, 3.63) is 70.4 Å². The van der Waals surface area contributed by atoms with E-state index < -0.39 is 0 Å². The van der Waals surface area contributed by atoms with E-state index in [0.717, 1.165) is 41.1 Å². The van der Waals surface area contributed by atoms with Gasteiger partial charge in [-0.15, -0.1) is 11.3 Å². The number of ether oxygens (including phenoxy) is 1. The van der Waals surface area contributed by atoms with Gasteiger partial charge >= 0.3 is 6.09 Å². The molecule has 1 aromatic carbocycles. The van der Waals surface area contributed by atoms with Gasteiger partial charge in [0.1, 0.15) is 11.6 Å². The third-order valence-electron chi connectivity index (χ3n) is 5.65. The molecule has 0 saturated carbocycles. The number of carbonyl (C=O) groups is 2. The molecule has 7 heteroatoms. The smallest absolute Gasteiger partial charge is 0.414 e. The minimum absolute atomic E-state index is 0.0379. The first kappa shape index (κ1) is 18.9. The Bertz CT molecular complexity index is 1090. The van der Waals surface area contributed by atoms with Crippen LogP contribution in [0.15, 0.2) is 48.8 Å². The predicted octanol–water partition coefficient (Wildman–Crippen LogP) is 4.30. The molecule has 1 saturated heterocycles. The van der Waals surface area contributed by atoms with Crippen LogP contribution in [0.3, 0.4) is 0 Å². The lowest BCUT2D eigenvalue weighted by molar-refractivity contribution is 0.0950. The average Bonchev–Trinajstić information content (AvgIpc) is 3.51. The normalized spacial score (nSPS) is 15.7. The number of fused-ring (bicyclic) bond motifs is 1. The maximum absolute atomic E-state index is 13.3. The van der Waals surface area contributed by atoms with Crippen LogP contribution in [0.5, 0.6) is 0 Å². The van der Waals surface area contributed by atoms with Gasteiger partial charge in [-0.25, -0.2) is 4.79 Å². The van der Waals surface area contributed by atoms with Crippen molar-refractivity contribution in [1.82, 2.24) is 9.88 Å². The van der Waals surface area contributed by atoms with Gasteiger partial charge in [-0.05, 0) is 61.1 Å². The Kier molecular flexibility index (Phi) is 5.04. The maximum Gasteiger partial charge on any atom is 0.414 e. The highest BCUT2D eigenvalue weighted by molar-refractivity contribution is 7.15. The van der Waals surface area contributed by atoms with Gasteiger partial charge < -0.3 is 14.6 Å². The number of hydrogen-bond donors (Lipinski definition) is 1. The number of thiophene rings is 1. The number of amides is 2. The van der Waals surface area contributed by atoms with Crippen molar-refractivity contribution in [1.29, 1.82) is 0 Å². The fourth-order valence-corrected chi connectivity index (χ4v) is 5.52. The van der Waals surface area contributed by atoms with Gasteiger partial charge in [-0.3, -0.25) is 9.69 Å². The van der Waals surface area contributed by atoms with E-state index in [1.165, 1.54) is 16.9 Å². The van der Waals surface area contributed by atoms with E-state index >= 15 is 0 Å². The molecule has 0 unspecified atom stereocenters. The summed E-state index contributed by atoms with van der Waals surface area (Å²) in [6.07, 6.45) is 7.99. The summed E-state index contributed by atoms with van der Waals surface area (Å²) in [6, 6.07) is 11.6. The molecule has 3 aromatic rings. The maximum atomic E-state index is 13.3. The second kappa shape index (κ2) is 7.99. The third kappa shape index (κ3) is 3.50. The first-order chi connectivity index (χ1) is 14.7. The number of carbonyl (C=O) groups excluding carboxylic acids is 2. The van der Waals surface area contributed by atoms with Gasteiger partial charge in [0.2, 0.25) is 0 Å². The minimum atomic E-state index is -0.322. The number of aryl methyl sites for hydroxylation is 1. The van der Waals surface area contributed by atoms with Crippen LogP contribution in [0.2, 0.25) is 0 Å². The minimum Gasteiger partial charge on any atom is -0.447 e.